The maximum atomic E-state index is 4.14. The second-order valence-electron chi connectivity index (χ2n) is 18.7. The molecule has 0 nitrogen and oxygen atoms in total. The van der Waals surface area contributed by atoms with Crippen LogP contribution in [0.2, 0.25) is 0 Å². The van der Waals surface area contributed by atoms with Crippen molar-refractivity contribution >= 4 is 17.2 Å². The van der Waals surface area contributed by atoms with Gasteiger partial charge in [-0.2, -0.15) is 0 Å². The van der Waals surface area contributed by atoms with Crippen LogP contribution >= 0.6 is 0 Å². The van der Waals surface area contributed by atoms with E-state index in [1.165, 1.54) is 87.7 Å². The van der Waals surface area contributed by atoms with Crippen molar-refractivity contribution in [2.45, 2.75) is 125 Å². The number of halogens is 2. The fourth-order valence-electron chi connectivity index (χ4n) is 8.03. The monoisotopic (exact) mass is 805 g/mol. The Labute approximate surface area is 346 Å². The van der Waals surface area contributed by atoms with Crippen molar-refractivity contribution in [3.8, 4) is 0 Å². The van der Waals surface area contributed by atoms with Crippen LogP contribution in [0.4, 0.5) is 0 Å². The summed E-state index contributed by atoms with van der Waals surface area (Å²) < 4.78 is 0. The molecule has 0 saturated heterocycles. The topological polar surface area (TPSA) is 0 Å². The van der Waals surface area contributed by atoms with E-state index in [1.54, 1.807) is 0 Å². The van der Waals surface area contributed by atoms with E-state index in [1.807, 2.05) is 0 Å². The molecule has 0 aliphatic heterocycles. The molecule has 52 heavy (non-hydrogen) atoms. The predicted octanol–water partition coefficient (Wildman–Crippen LogP) is 5.40. The van der Waals surface area contributed by atoms with Crippen molar-refractivity contribution in [2.24, 2.45) is 0 Å². The molecule has 6 rings (SSSR count). The number of rotatable bonds is 3. The number of allylic oxidation sites excluding steroid dienone is 4. The summed E-state index contributed by atoms with van der Waals surface area (Å²) in [5, 5.41) is 5.25. The fraction of sp³-hybridized carbons (Fsp3) is 0.388. The Balaban J connectivity index is 0.00000243. The molecule has 4 aromatic rings. The molecule has 2 aliphatic rings. The zero-order valence-corrected chi connectivity index (χ0v) is 37.9. The average molecular weight is 808 g/mol. The minimum absolute atomic E-state index is 0. The van der Waals surface area contributed by atoms with Crippen molar-refractivity contribution in [2.75, 3.05) is 0 Å². The number of aryl methyl sites for hydroxylation is 2. The number of hydrogen-bond acceptors (Lipinski definition) is 0. The van der Waals surface area contributed by atoms with E-state index >= 15 is 0 Å². The van der Waals surface area contributed by atoms with Crippen LogP contribution in [-0.2, 0) is 47.9 Å². The molecule has 4 aromatic carbocycles. The first-order valence-electron chi connectivity index (χ1n) is 18.3. The molecule has 0 bridgehead atoms. The fourth-order valence-corrected chi connectivity index (χ4v) is 8.03. The van der Waals surface area contributed by atoms with Gasteiger partial charge in [0.25, 0.3) is 0 Å². The third-order valence-electron chi connectivity index (χ3n) is 10.3. The zero-order valence-electron chi connectivity index (χ0n) is 34.0. The van der Waals surface area contributed by atoms with Crippen LogP contribution in [0.15, 0.2) is 78.9 Å². The summed E-state index contributed by atoms with van der Waals surface area (Å²) in [4.78, 5) is 0. The Morgan fingerprint density at radius 2 is 1.06 bits per heavy atom. The van der Waals surface area contributed by atoms with Gasteiger partial charge in [0.2, 0.25) is 0 Å². The van der Waals surface area contributed by atoms with Crippen LogP contribution < -0.4 is 35.3 Å². The third kappa shape index (κ3) is 8.14. The van der Waals surface area contributed by atoms with Crippen molar-refractivity contribution in [3.63, 3.8) is 0 Å². The van der Waals surface area contributed by atoms with Gasteiger partial charge in [-0.3, -0.25) is 0 Å². The van der Waals surface area contributed by atoms with Gasteiger partial charge in [-0.1, -0.05) is 195 Å². The van der Waals surface area contributed by atoms with Gasteiger partial charge in [-0.25, -0.2) is 0 Å². The zero-order chi connectivity index (χ0) is 35.8. The van der Waals surface area contributed by atoms with E-state index in [-0.39, 0.29) is 72.7 Å². The number of benzene rings is 4. The molecule has 0 spiro atoms. The molecule has 3 heteroatoms. The maximum absolute atomic E-state index is 4.14. The molecule has 0 amide bonds. The van der Waals surface area contributed by atoms with Crippen molar-refractivity contribution in [3.05, 3.63) is 155 Å². The smallest absolute Gasteiger partial charge is 1.00 e. The van der Waals surface area contributed by atoms with Crippen LogP contribution in [0.25, 0.3) is 17.2 Å². The molecule has 0 N–H and O–H groups in total. The summed E-state index contributed by atoms with van der Waals surface area (Å²) in [6.45, 7) is 33.0. The molecule has 271 valence electrons. The summed E-state index contributed by atoms with van der Waals surface area (Å²) in [6.07, 6.45) is 12.0. The third-order valence-corrected chi connectivity index (χ3v) is 10.3. The van der Waals surface area contributed by atoms with E-state index in [9.17, 15) is 0 Å². The van der Waals surface area contributed by atoms with E-state index in [0.717, 1.165) is 6.42 Å². The average Bonchev–Trinajstić information content (AvgIpc) is 3.64. The molecule has 0 unspecified atom stereocenters. The molecule has 2 aliphatic carbocycles. The van der Waals surface area contributed by atoms with Crippen LogP contribution in [0.1, 0.15) is 145 Å². The van der Waals surface area contributed by atoms with E-state index in [4.69, 9.17) is 0 Å². The molecule has 0 saturated carbocycles. The molecule has 0 fully saturated rings. The quantitative estimate of drug-likeness (QED) is 0.215. The van der Waals surface area contributed by atoms with E-state index in [2.05, 4.69) is 182 Å². The molecule has 0 atom stereocenters. The Kier molecular flexibility index (Phi) is 13.0. The first kappa shape index (κ1) is 44.0. The van der Waals surface area contributed by atoms with Crippen LogP contribution in [0.5, 0.6) is 0 Å². The molecular weight excluding hydrogens is 751 g/mol. The van der Waals surface area contributed by atoms with Gasteiger partial charge in [-0.05, 0) is 69.4 Å². The minimum Gasteiger partial charge on any atom is -1.00 e. The predicted molar refractivity (Wildman–Crippen MR) is 213 cm³/mol. The van der Waals surface area contributed by atoms with Gasteiger partial charge in [0.1, 0.15) is 0 Å². The van der Waals surface area contributed by atoms with Gasteiger partial charge in [-0.15, -0.1) is 33.4 Å². The summed E-state index contributed by atoms with van der Waals surface area (Å²) in [5.41, 5.74) is 15.9. The summed E-state index contributed by atoms with van der Waals surface area (Å²) >= 11 is 0. The SMILES string of the molecule is Cc1ccc(C(c2ccc(C)cc2)=c2c(C(C)(C)C)c(C(C)(C)C)c(C3=CC=CC3)c3c2=c2cc(C(C)(C)C)c(C(C)(C)C)cc2=[C-]3)cc1.[Cl-].[Cl-].[Zr+3]. The van der Waals surface area contributed by atoms with E-state index < -0.39 is 0 Å². The molecule has 0 heterocycles. The van der Waals surface area contributed by atoms with Gasteiger partial charge in [0.05, 0.1) is 0 Å². The molecular formula is C49H57Cl2Zr. The Morgan fingerprint density at radius 1 is 0.596 bits per heavy atom. The van der Waals surface area contributed by atoms with Crippen molar-refractivity contribution in [1.82, 2.24) is 0 Å². The van der Waals surface area contributed by atoms with Gasteiger partial charge >= 0.3 is 26.2 Å². The van der Waals surface area contributed by atoms with Crippen LogP contribution in [-0.4, -0.2) is 0 Å². The first-order valence-corrected chi connectivity index (χ1v) is 18.3. The largest absolute Gasteiger partial charge is 3.00 e. The summed E-state index contributed by atoms with van der Waals surface area (Å²) in [7, 11) is 0. The second kappa shape index (κ2) is 15.4. The molecule has 0 aromatic heterocycles. The van der Waals surface area contributed by atoms with Crippen molar-refractivity contribution in [1.29, 1.82) is 0 Å². The number of hydrogen-bond donors (Lipinski definition) is 0. The minimum atomic E-state index is -0.143. The Morgan fingerprint density at radius 3 is 1.46 bits per heavy atom. The van der Waals surface area contributed by atoms with Crippen molar-refractivity contribution < 1.29 is 51.0 Å². The Hall–Kier alpha value is -2.44. The summed E-state index contributed by atoms with van der Waals surface area (Å²) in [6, 6.07) is 23.5. The second-order valence-corrected chi connectivity index (χ2v) is 18.7. The summed E-state index contributed by atoms with van der Waals surface area (Å²) in [5.74, 6) is 0. The van der Waals surface area contributed by atoms with Gasteiger partial charge in [0.15, 0.2) is 0 Å². The van der Waals surface area contributed by atoms with Crippen LogP contribution in [0, 0.1) is 24.3 Å². The van der Waals surface area contributed by atoms with Gasteiger partial charge in [0, 0.05) is 0 Å². The molecule has 1 radical (unpaired) electrons. The standard InChI is InChI=1S/C49H57.2ClH.Zr/c1-30-19-23-33(24-20-30)40(34-25-21-31(2)22-26-34)43-42-36-29-39(47(6,7)8)38(46(3,4)5)28-35(36)27-37(42)41(32-17-15-16-18-32)44(48(9,10)11)45(43)49(12,13)14;;;/h15-17,19-26,28-29H,18H2,1-14H3;2*1H;/q-1;;;+3/p-2. The first-order chi connectivity index (χ1) is 22.7. The van der Waals surface area contributed by atoms with Crippen LogP contribution in [0.3, 0.4) is 0 Å². The number of fused-ring (bicyclic) bond motifs is 2. The Bertz CT molecular complexity index is 2210. The van der Waals surface area contributed by atoms with Gasteiger partial charge < -0.3 is 24.8 Å². The maximum Gasteiger partial charge on any atom is 3.00 e. The van der Waals surface area contributed by atoms with E-state index in [0.29, 0.717) is 0 Å². The normalized spacial score (nSPS) is 13.6.